The first-order chi connectivity index (χ1) is 13.7. The number of rotatable bonds is 7. The maximum absolute atomic E-state index is 12.9. The summed E-state index contributed by atoms with van der Waals surface area (Å²) in [5, 5.41) is 2.99. The van der Waals surface area contributed by atoms with Crippen LogP contribution in [0, 0.1) is 11.7 Å². The molecule has 1 aliphatic carbocycles. The highest BCUT2D eigenvalue weighted by molar-refractivity contribution is 5.75. The maximum Gasteiger partial charge on any atom is 0.317 e. The van der Waals surface area contributed by atoms with Gasteiger partial charge >= 0.3 is 6.03 Å². The summed E-state index contributed by atoms with van der Waals surface area (Å²) >= 11 is 0. The minimum atomic E-state index is -0.313. The highest BCUT2D eigenvalue weighted by atomic mass is 19.1. The van der Waals surface area contributed by atoms with Crippen molar-refractivity contribution in [3.05, 3.63) is 54.0 Å². The molecule has 6 nitrogen and oxygen atoms in total. The summed E-state index contributed by atoms with van der Waals surface area (Å²) in [5.74, 6) is 1.07. The van der Waals surface area contributed by atoms with Gasteiger partial charge in [-0.2, -0.15) is 0 Å². The summed E-state index contributed by atoms with van der Waals surface area (Å²) in [6.07, 6.45) is 4.86. The second kappa shape index (κ2) is 8.56. The number of pyridine rings is 1. The van der Waals surface area contributed by atoms with E-state index in [1.807, 2.05) is 11.0 Å². The Labute approximate surface area is 163 Å². The first-order valence-electron chi connectivity index (χ1n) is 9.68. The number of halogens is 1. The van der Waals surface area contributed by atoms with Crippen LogP contribution in [0.1, 0.15) is 24.8 Å². The normalized spacial score (nSPS) is 18.7. The van der Waals surface area contributed by atoms with Gasteiger partial charge in [0.1, 0.15) is 11.6 Å². The molecule has 2 amide bonds. The number of carbonyl (C=O) groups excluding carboxylic acids is 1. The molecule has 2 aromatic rings. The largest absolute Gasteiger partial charge is 0.439 e. The molecular formula is C21H24FN3O3. The number of hydrogen-bond acceptors (Lipinski definition) is 4. The maximum atomic E-state index is 12.9. The van der Waals surface area contributed by atoms with Crippen LogP contribution in [0.25, 0.3) is 0 Å². The number of hydrogen-bond donors (Lipinski definition) is 1. The van der Waals surface area contributed by atoms with E-state index in [0.29, 0.717) is 30.1 Å². The van der Waals surface area contributed by atoms with E-state index in [4.69, 9.17) is 9.47 Å². The molecule has 1 aliphatic heterocycles. The van der Waals surface area contributed by atoms with Crippen molar-refractivity contribution in [3.63, 3.8) is 0 Å². The fraction of sp³-hybridized carbons (Fsp3) is 0.429. The molecule has 4 rings (SSSR count). The Balaban J connectivity index is 1.28. The molecule has 148 valence electrons. The zero-order valence-electron chi connectivity index (χ0n) is 15.6. The van der Waals surface area contributed by atoms with Crippen LogP contribution in [0.2, 0.25) is 0 Å². The molecule has 1 saturated heterocycles. The zero-order valence-corrected chi connectivity index (χ0v) is 15.6. The predicted molar refractivity (Wildman–Crippen MR) is 102 cm³/mol. The minimum Gasteiger partial charge on any atom is -0.439 e. The van der Waals surface area contributed by atoms with Crippen molar-refractivity contribution in [1.29, 1.82) is 0 Å². The summed E-state index contributed by atoms with van der Waals surface area (Å²) in [4.78, 5) is 18.8. The van der Waals surface area contributed by atoms with E-state index in [1.54, 1.807) is 24.4 Å². The summed E-state index contributed by atoms with van der Waals surface area (Å²) in [7, 11) is 0. The summed E-state index contributed by atoms with van der Waals surface area (Å²) in [6, 6.07) is 9.70. The molecule has 2 fully saturated rings. The van der Waals surface area contributed by atoms with Crippen molar-refractivity contribution in [2.45, 2.75) is 31.8 Å². The van der Waals surface area contributed by atoms with E-state index in [1.165, 1.54) is 12.1 Å². The van der Waals surface area contributed by atoms with E-state index in [-0.39, 0.29) is 11.8 Å². The number of benzene rings is 1. The molecule has 7 heteroatoms. The number of ether oxygens (including phenoxy) is 2. The first kappa shape index (κ1) is 18.7. The molecule has 1 unspecified atom stereocenters. The van der Waals surface area contributed by atoms with Gasteiger partial charge in [0.05, 0.1) is 6.61 Å². The van der Waals surface area contributed by atoms with Gasteiger partial charge in [0.2, 0.25) is 5.88 Å². The minimum absolute atomic E-state index is 0.0268. The lowest BCUT2D eigenvalue weighted by Crippen LogP contribution is -2.43. The van der Waals surface area contributed by atoms with Crippen molar-refractivity contribution in [3.8, 4) is 11.6 Å². The van der Waals surface area contributed by atoms with Gasteiger partial charge in [0.25, 0.3) is 0 Å². The van der Waals surface area contributed by atoms with Crippen LogP contribution >= 0.6 is 0 Å². The highest BCUT2D eigenvalue weighted by Crippen LogP contribution is 2.29. The molecule has 1 N–H and O–H groups in total. The van der Waals surface area contributed by atoms with Gasteiger partial charge < -0.3 is 19.7 Å². The van der Waals surface area contributed by atoms with Crippen LogP contribution in [0.5, 0.6) is 11.6 Å². The van der Waals surface area contributed by atoms with Crippen LogP contribution in [-0.2, 0) is 11.3 Å². The number of nitrogens with zero attached hydrogens (tertiary/aromatic N) is 2. The monoisotopic (exact) mass is 385 g/mol. The quantitative estimate of drug-likeness (QED) is 0.789. The van der Waals surface area contributed by atoms with Crippen molar-refractivity contribution < 1.29 is 18.7 Å². The molecule has 28 heavy (non-hydrogen) atoms. The Morgan fingerprint density at radius 1 is 1.21 bits per heavy atom. The Morgan fingerprint density at radius 3 is 2.68 bits per heavy atom. The second-order valence-corrected chi connectivity index (χ2v) is 7.33. The standard InChI is InChI=1S/C21H24FN3O3/c22-17-2-6-19(7-3-17)28-20-8-1-15(11-23-20)12-24-21(26)25(18-4-5-18)13-16-9-10-27-14-16/h1-3,6-8,11,16,18H,4-5,9-10,12-14H2,(H,24,26). The lowest BCUT2D eigenvalue weighted by molar-refractivity contribution is 0.162. The number of aromatic nitrogens is 1. The van der Waals surface area contributed by atoms with E-state index in [2.05, 4.69) is 10.3 Å². The Kier molecular flexibility index (Phi) is 5.71. The second-order valence-electron chi connectivity index (χ2n) is 7.33. The Morgan fingerprint density at radius 2 is 2.04 bits per heavy atom. The number of carbonyl (C=O) groups is 1. The molecule has 1 atom stereocenters. The molecule has 1 saturated carbocycles. The third-order valence-corrected chi connectivity index (χ3v) is 5.00. The summed E-state index contributed by atoms with van der Waals surface area (Å²) in [5.41, 5.74) is 0.889. The number of nitrogens with one attached hydrogen (secondary N) is 1. The fourth-order valence-electron chi connectivity index (χ4n) is 3.27. The van der Waals surface area contributed by atoms with Crippen LogP contribution in [0.15, 0.2) is 42.6 Å². The average molecular weight is 385 g/mol. The fourth-order valence-corrected chi connectivity index (χ4v) is 3.27. The lowest BCUT2D eigenvalue weighted by atomic mass is 10.1. The number of amides is 2. The highest BCUT2D eigenvalue weighted by Gasteiger charge is 2.34. The van der Waals surface area contributed by atoms with Gasteiger partial charge in [-0.15, -0.1) is 0 Å². The van der Waals surface area contributed by atoms with E-state index < -0.39 is 0 Å². The zero-order chi connectivity index (χ0) is 19.3. The topological polar surface area (TPSA) is 63.7 Å². The van der Waals surface area contributed by atoms with Crippen LogP contribution in [-0.4, -0.2) is 41.7 Å². The van der Waals surface area contributed by atoms with Crippen LogP contribution in [0.4, 0.5) is 9.18 Å². The molecule has 1 aromatic heterocycles. The van der Waals surface area contributed by atoms with E-state index in [0.717, 1.165) is 44.6 Å². The summed E-state index contributed by atoms with van der Waals surface area (Å²) < 4.78 is 23.9. The van der Waals surface area contributed by atoms with Crippen molar-refractivity contribution in [2.75, 3.05) is 19.8 Å². The third kappa shape index (κ3) is 4.98. The smallest absolute Gasteiger partial charge is 0.317 e. The van der Waals surface area contributed by atoms with E-state index >= 15 is 0 Å². The van der Waals surface area contributed by atoms with Crippen molar-refractivity contribution >= 4 is 6.03 Å². The third-order valence-electron chi connectivity index (χ3n) is 5.00. The Bertz CT molecular complexity index is 788. The molecule has 2 heterocycles. The van der Waals surface area contributed by atoms with Crippen molar-refractivity contribution in [2.24, 2.45) is 5.92 Å². The van der Waals surface area contributed by atoms with Gasteiger partial charge in [-0.3, -0.25) is 0 Å². The lowest BCUT2D eigenvalue weighted by Gasteiger charge is -2.25. The SMILES string of the molecule is O=C(NCc1ccc(Oc2ccc(F)cc2)nc1)N(CC1CCOC1)C1CC1. The van der Waals surface area contributed by atoms with Crippen molar-refractivity contribution in [1.82, 2.24) is 15.2 Å². The van der Waals surface area contributed by atoms with Gasteiger partial charge in [0.15, 0.2) is 0 Å². The predicted octanol–water partition coefficient (Wildman–Crippen LogP) is 3.72. The van der Waals surface area contributed by atoms with E-state index in [9.17, 15) is 9.18 Å². The summed E-state index contributed by atoms with van der Waals surface area (Å²) in [6.45, 7) is 2.71. The molecule has 0 spiro atoms. The molecular weight excluding hydrogens is 361 g/mol. The molecule has 2 aliphatic rings. The molecule has 0 radical (unpaired) electrons. The van der Waals surface area contributed by atoms with Crippen LogP contribution in [0.3, 0.4) is 0 Å². The number of urea groups is 1. The van der Waals surface area contributed by atoms with Gasteiger partial charge in [-0.25, -0.2) is 14.2 Å². The van der Waals surface area contributed by atoms with Gasteiger partial charge in [-0.05, 0) is 49.1 Å². The first-order valence-corrected chi connectivity index (χ1v) is 9.68. The Hall–Kier alpha value is -2.67. The molecule has 1 aromatic carbocycles. The van der Waals surface area contributed by atoms with Gasteiger partial charge in [-0.1, -0.05) is 6.07 Å². The average Bonchev–Trinajstić information content (AvgIpc) is 3.42. The molecule has 0 bridgehead atoms. The van der Waals surface area contributed by atoms with Crippen LogP contribution < -0.4 is 10.1 Å². The van der Waals surface area contributed by atoms with Gasteiger partial charge in [0, 0.05) is 43.9 Å².